The molecule has 24 heavy (non-hydrogen) atoms. The van der Waals surface area contributed by atoms with Crippen LogP contribution in [0.3, 0.4) is 0 Å². The van der Waals surface area contributed by atoms with Gasteiger partial charge in [0.1, 0.15) is 11.5 Å². The molecule has 0 aromatic heterocycles. The van der Waals surface area contributed by atoms with Crippen LogP contribution < -0.4 is 10.1 Å². The van der Waals surface area contributed by atoms with Gasteiger partial charge in [-0.25, -0.2) is 0 Å². The van der Waals surface area contributed by atoms with Crippen LogP contribution in [0.25, 0.3) is 0 Å². The van der Waals surface area contributed by atoms with Gasteiger partial charge in [-0.3, -0.25) is 9.00 Å². The molecular weight excluding hydrogens is 336 g/mol. The zero-order chi connectivity index (χ0) is 17.5. The zero-order valence-electron chi connectivity index (χ0n) is 13.7. The molecule has 1 amide bonds. The van der Waals surface area contributed by atoms with Crippen LogP contribution >= 0.6 is 0 Å². The molecule has 1 aromatic rings. The van der Waals surface area contributed by atoms with Crippen molar-refractivity contribution < 1.29 is 22.5 Å². The van der Waals surface area contributed by atoms with Crippen molar-refractivity contribution in [2.24, 2.45) is 5.92 Å². The van der Waals surface area contributed by atoms with Gasteiger partial charge in [-0.05, 0) is 36.5 Å². The molecule has 134 valence electrons. The third-order valence-corrected chi connectivity index (χ3v) is 5.47. The van der Waals surface area contributed by atoms with E-state index in [1.54, 1.807) is 12.1 Å². The summed E-state index contributed by atoms with van der Waals surface area (Å²) in [6, 6.07) is 6.15. The summed E-state index contributed by atoms with van der Waals surface area (Å²) in [5.41, 5.74) is 0.716. The minimum Gasteiger partial charge on any atom is -0.435 e. The van der Waals surface area contributed by atoms with Crippen molar-refractivity contribution in [1.29, 1.82) is 0 Å². The Morgan fingerprint density at radius 1 is 1.29 bits per heavy atom. The van der Waals surface area contributed by atoms with E-state index in [4.69, 9.17) is 0 Å². The van der Waals surface area contributed by atoms with Crippen molar-refractivity contribution in [3.8, 4) is 5.75 Å². The fraction of sp³-hybridized carbons (Fsp3) is 0.588. The van der Waals surface area contributed by atoms with E-state index in [1.807, 2.05) is 0 Å². The number of benzene rings is 1. The Bertz CT molecular complexity index is 565. The van der Waals surface area contributed by atoms with Gasteiger partial charge in [0.2, 0.25) is 5.91 Å². The van der Waals surface area contributed by atoms with Crippen molar-refractivity contribution in [1.82, 2.24) is 5.32 Å². The van der Waals surface area contributed by atoms with Crippen molar-refractivity contribution in [3.63, 3.8) is 0 Å². The number of halogens is 2. The highest BCUT2D eigenvalue weighted by molar-refractivity contribution is 7.84. The second-order valence-corrected chi connectivity index (χ2v) is 7.64. The topological polar surface area (TPSA) is 55.4 Å². The number of rotatable bonds is 7. The second kappa shape index (κ2) is 9.11. The fourth-order valence-electron chi connectivity index (χ4n) is 2.93. The Morgan fingerprint density at radius 2 is 1.96 bits per heavy atom. The summed E-state index contributed by atoms with van der Waals surface area (Å²) >= 11 is 0. The van der Waals surface area contributed by atoms with Gasteiger partial charge in [0.05, 0.1) is 0 Å². The van der Waals surface area contributed by atoms with Crippen molar-refractivity contribution in [3.05, 3.63) is 29.8 Å². The Kier molecular flexibility index (Phi) is 7.15. The number of ether oxygens (including phenoxy) is 1. The maximum Gasteiger partial charge on any atom is 0.387 e. The summed E-state index contributed by atoms with van der Waals surface area (Å²) < 4.78 is 40.5. The van der Waals surface area contributed by atoms with E-state index in [0.29, 0.717) is 11.5 Å². The van der Waals surface area contributed by atoms with Crippen molar-refractivity contribution in [2.75, 3.05) is 5.75 Å². The van der Waals surface area contributed by atoms with E-state index in [1.165, 1.54) is 18.6 Å². The predicted molar refractivity (Wildman–Crippen MR) is 89.4 cm³/mol. The van der Waals surface area contributed by atoms with Gasteiger partial charge in [0.25, 0.3) is 0 Å². The monoisotopic (exact) mass is 359 g/mol. The van der Waals surface area contributed by atoms with Gasteiger partial charge >= 0.3 is 6.61 Å². The van der Waals surface area contributed by atoms with Gasteiger partial charge in [0, 0.05) is 22.6 Å². The first kappa shape index (κ1) is 18.8. The number of nitrogens with one attached hydrogen (secondary N) is 1. The van der Waals surface area contributed by atoms with Crippen LogP contribution in [0.5, 0.6) is 5.75 Å². The Hall–Kier alpha value is -1.50. The maximum absolute atomic E-state index is 12.1. The molecule has 0 aliphatic heterocycles. The molecule has 1 aliphatic carbocycles. The summed E-state index contributed by atoms with van der Waals surface area (Å²) in [6.07, 6.45) is 4.41. The van der Waals surface area contributed by atoms with Crippen LogP contribution in [0, 0.1) is 5.92 Å². The van der Waals surface area contributed by atoms with Crippen LogP contribution in [0.4, 0.5) is 8.78 Å². The Balaban J connectivity index is 1.78. The van der Waals surface area contributed by atoms with Crippen molar-refractivity contribution >= 4 is 16.7 Å². The lowest BCUT2D eigenvalue weighted by Crippen LogP contribution is -2.42. The summed E-state index contributed by atoms with van der Waals surface area (Å²) in [7, 11) is -1.34. The summed E-state index contributed by atoms with van der Waals surface area (Å²) in [6.45, 7) is -0.736. The molecule has 3 atom stereocenters. The lowest BCUT2D eigenvalue weighted by Gasteiger charge is -2.29. The fourth-order valence-corrected chi connectivity index (χ4v) is 3.97. The molecule has 1 aliphatic rings. The molecule has 0 spiro atoms. The third-order valence-electron chi connectivity index (χ3n) is 4.23. The maximum atomic E-state index is 12.1. The number of carbonyl (C=O) groups is 1. The Labute approximate surface area is 143 Å². The van der Waals surface area contributed by atoms with E-state index in [0.717, 1.165) is 19.3 Å². The molecule has 1 aromatic carbocycles. The number of hydrogen-bond acceptors (Lipinski definition) is 3. The minimum absolute atomic E-state index is 0.0431. The first-order valence-electron chi connectivity index (χ1n) is 8.12. The van der Waals surface area contributed by atoms with Gasteiger partial charge < -0.3 is 10.1 Å². The largest absolute Gasteiger partial charge is 0.435 e. The number of carbonyl (C=O) groups excluding carboxylic acids is 1. The van der Waals surface area contributed by atoms with Gasteiger partial charge in [-0.2, -0.15) is 8.78 Å². The molecule has 7 heteroatoms. The normalized spacial score (nSPS) is 22.2. The molecule has 2 rings (SSSR count). The average Bonchev–Trinajstić information content (AvgIpc) is 2.51. The summed E-state index contributed by atoms with van der Waals surface area (Å²) in [5, 5.41) is 2.98. The van der Waals surface area contributed by atoms with Gasteiger partial charge in [0.15, 0.2) is 0 Å². The summed E-state index contributed by atoms with van der Waals surface area (Å²) in [4.78, 5) is 12.0. The molecule has 1 N–H and O–H groups in total. The predicted octanol–water partition coefficient (Wildman–Crippen LogP) is 3.23. The van der Waals surface area contributed by atoms with Gasteiger partial charge in [-0.1, -0.05) is 31.9 Å². The first-order valence-corrected chi connectivity index (χ1v) is 9.61. The smallest absolute Gasteiger partial charge is 0.387 e. The quantitative estimate of drug-likeness (QED) is 0.813. The van der Waals surface area contributed by atoms with E-state index < -0.39 is 17.4 Å². The highest BCUT2D eigenvalue weighted by Crippen LogP contribution is 2.23. The van der Waals surface area contributed by atoms with Crippen LogP contribution in [0.1, 0.15) is 38.2 Å². The zero-order valence-corrected chi connectivity index (χ0v) is 14.5. The SMILES string of the molecule is CC1CCCCC1NC(=O)CS(=O)Cc1ccc(OC(F)F)cc1. The van der Waals surface area contributed by atoms with E-state index >= 15 is 0 Å². The molecule has 1 saturated carbocycles. The minimum atomic E-state index is -2.86. The van der Waals surface area contributed by atoms with Gasteiger partial charge in [-0.15, -0.1) is 0 Å². The van der Waals surface area contributed by atoms with Crippen LogP contribution in [0.15, 0.2) is 24.3 Å². The molecular formula is C17H23F2NO3S. The number of alkyl halides is 2. The molecule has 1 fully saturated rings. The number of hydrogen-bond donors (Lipinski definition) is 1. The lowest BCUT2D eigenvalue weighted by molar-refractivity contribution is -0.119. The van der Waals surface area contributed by atoms with Crippen LogP contribution in [-0.2, 0) is 21.3 Å². The van der Waals surface area contributed by atoms with Crippen LogP contribution in [-0.4, -0.2) is 28.5 Å². The first-order chi connectivity index (χ1) is 11.4. The van der Waals surface area contributed by atoms with Crippen LogP contribution in [0.2, 0.25) is 0 Å². The molecule has 3 unspecified atom stereocenters. The standard InChI is InChI=1S/C17H23F2NO3S/c1-12-4-2-3-5-15(12)20-16(21)11-24(22)10-13-6-8-14(9-7-13)23-17(18)19/h6-9,12,15,17H,2-5,10-11H2,1H3,(H,20,21). The molecule has 4 nitrogen and oxygen atoms in total. The second-order valence-electron chi connectivity index (χ2n) is 6.19. The molecule has 0 heterocycles. The molecule has 0 radical (unpaired) electrons. The average molecular weight is 359 g/mol. The summed E-state index contributed by atoms with van der Waals surface area (Å²) in [5.74, 6) is 0.494. The third kappa shape index (κ3) is 6.19. The molecule has 0 saturated heterocycles. The highest BCUT2D eigenvalue weighted by Gasteiger charge is 2.23. The Morgan fingerprint density at radius 3 is 2.58 bits per heavy atom. The highest BCUT2D eigenvalue weighted by atomic mass is 32.2. The van der Waals surface area contributed by atoms with E-state index in [2.05, 4.69) is 17.0 Å². The lowest BCUT2D eigenvalue weighted by atomic mass is 9.86. The number of amides is 1. The van der Waals surface area contributed by atoms with E-state index in [-0.39, 0.29) is 29.2 Å². The van der Waals surface area contributed by atoms with Crippen molar-refractivity contribution in [2.45, 2.75) is 51.0 Å². The van der Waals surface area contributed by atoms with E-state index in [9.17, 15) is 17.8 Å². The molecule has 0 bridgehead atoms.